The number of hydrogen-bond donors (Lipinski definition) is 4. The van der Waals surface area contributed by atoms with Crippen LogP contribution in [0.2, 0.25) is 0 Å². The standard InChI is InChI=1S/C49H62F2N12O6/c1-26(2)41(58-48(66)69-6)45(64)61-18-10-12-39(61)43-54-33-20-29(31(50)22-35(33)56-43)37-14-15-38(63(37)28-24-52-47(53-25-28)60-16-8-7-9-17-60)30-21-34-36(23-32(30)51)57-44(55-34)40-13-11-19-62(40)46(65)42(27(3)4)59(5)49(67)68/h20-27,37-42H,7-19H2,1-6H3,(H,54,56)(H,55,57)(H,58,66)(H,67,68)/t37-,38+,39-,40-,41-,42-/m0/s1. The number of rotatable bonds is 12. The van der Waals surface area contributed by atoms with Crippen LogP contribution in [0.15, 0.2) is 36.7 Å². The van der Waals surface area contributed by atoms with E-state index in [1.54, 1.807) is 34.3 Å². The predicted molar refractivity (Wildman–Crippen MR) is 253 cm³/mol. The van der Waals surface area contributed by atoms with Crippen molar-refractivity contribution < 1.29 is 37.8 Å². The Morgan fingerprint density at radius 2 is 1.25 bits per heavy atom. The molecule has 0 bridgehead atoms. The first-order valence-electron chi connectivity index (χ1n) is 24.3. The molecule has 20 heteroatoms. The van der Waals surface area contributed by atoms with Gasteiger partial charge in [-0.1, -0.05) is 27.7 Å². The number of hydrogen-bond acceptors (Lipinski definition) is 11. The maximum atomic E-state index is 16.8. The van der Waals surface area contributed by atoms with Crippen molar-refractivity contribution >= 4 is 57.7 Å². The topological polar surface area (TPSA) is 209 Å². The summed E-state index contributed by atoms with van der Waals surface area (Å²) in [4.78, 5) is 86.6. The van der Waals surface area contributed by atoms with Gasteiger partial charge in [0, 0.05) is 56.5 Å². The number of nitrogens with one attached hydrogen (secondary N) is 3. The molecule has 0 saturated carbocycles. The van der Waals surface area contributed by atoms with Crippen molar-refractivity contribution in [3.05, 3.63) is 71.1 Å². The first-order valence-corrected chi connectivity index (χ1v) is 24.3. The minimum absolute atomic E-state index is 0.208. The van der Waals surface area contributed by atoms with E-state index in [1.165, 1.54) is 26.3 Å². The molecule has 4 aliphatic rings. The number of aromatic nitrogens is 6. The third kappa shape index (κ3) is 9.09. The monoisotopic (exact) mass is 952 g/mol. The molecule has 0 spiro atoms. The van der Waals surface area contributed by atoms with E-state index in [-0.39, 0.29) is 23.7 Å². The van der Waals surface area contributed by atoms with E-state index in [4.69, 9.17) is 24.7 Å². The molecule has 69 heavy (non-hydrogen) atoms. The SMILES string of the molecule is COC(=O)N[C@H](C(=O)N1CCC[C@H]1c1nc2cc(F)c([C@@H]3CC[C@H](c4cc5[nH]c([C@@H]6CCCN6C(=O)[C@H](C(C)C)N(C)C(=O)O)nc5cc4F)N3c3cnc(N4CCCCC4)nc3)cc2[nH]1)C(C)C. The highest BCUT2D eigenvalue weighted by atomic mass is 19.1. The molecule has 6 atom stereocenters. The van der Waals surface area contributed by atoms with Gasteiger partial charge in [-0.05, 0) is 81.8 Å². The van der Waals surface area contributed by atoms with E-state index in [9.17, 15) is 24.3 Å². The van der Waals surface area contributed by atoms with Crippen molar-refractivity contribution in [2.75, 3.05) is 50.1 Å². The molecule has 368 valence electrons. The Balaban J connectivity index is 1.05. The first-order chi connectivity index (χ1) is 33.1. The van der Waals surface area contributed by atoms with Gasteiger partial charge in [0.2, 0.25) is 17.8 Å². The Labute approximate surface area is 399 Å². The Bertz CT molecular complexity index is 2720. The number of carbonyl (C=O) groups excluding carboxylic acids is 3. The van der Waals surface area contributed by atoms with Crippen molar-refractivity contribution in [2.45, 2.75) is 122 Å². The number of piperidine rings is 1. The Morgan fingerprint density at radius 3 is 1.72 bits per heavy atom. The summed E-state index contributed by atoms with van der Waals surface area (Å²) < 4.78 is 38.3. The van der Waals surface area contributed by atoms with Crippen molar-refractivity contribution in [3.63, 3.8) is 0 Å². The molecule has 3 aromatic heterocycles. The summed E-state index contributed by atoms with van der Waals surface area (Å²) in [6.45, 7) is 9.94. The molecule has 0 aliphatic carbocycles. The van der Waals surface area contributed by atoms with Crippen LogP contribution in [0.4, 0.5) is 30.0 Å². The van der Waals surface area contributed by atoms with E-state index in [0.717, 1.165) is 43.7 Å². The van der Waals surface area contributed by atoms with Gasteiger partial charge in [-0.15, -0.1) is 0 Å². The van der Waals surface area contributed by atoms with Gasteiger partial charge in [0.1, 0.15) is 35.4 Å². The van der Waals surface area contributed by atoms with Gasteiger partial charge in [0.05, 0.1) is 71.4 Å². The predicted octanol–water partition coefficient (Wildman–Crippen LogP) is 7.92. The summed E-state index contributed by atoms with van der Waals surface area (Å²) in [5.41, 5.74) is 3.30. The van der Waals surface area contributed by atoms with E-state index in [1.807, 2.05) is 32.6 Å². The molecule has 4 N–H and O–H groups in total. The summed E-state index contributed by atoms with van der Waals surface area (Å²) >= 11 is 0. The number of likely N-dealkylation sites (tertiary alicyclic amines) is 2. The summed E-state index contributed by atoms with van der Waals surface area (Å²) in [7, 11) is 2.66. The van der Waals surface area contributed by atoms with Gasteiger partial charge in [-0.2, -0.15) is 0 Å². The number of amides is 4. The molecule has 0 unspecified atom stereocenters. The highest BCUT2D eigenvalue weighted by Crippen LogP contribution is 2.49. The highest BCUT2D eigenvalue weighted by molar-refractivity contribution is 5.87. The second-order valence-electron chi connectivity index (χ2n) is 19.7. The van der Waals surface area contributed by atoms with Gasteiger partial charge >= 0.3 is 12.2 Å². The van der Waals surface area contributed by atoms with Crippen LogP contribution < -0.4 is 15.1 Å². The maximum Gasteiger partial charge on any atom is 0.407 e. The molecular weight excluding hydrogens is 891 g/mol. The Kier molecular flexibility index (Phi) is 13.4. The lowest BCUT2D eigenvalue weighted by Crippen LogP contribution is -2.51. The van der Waals surface area contributed by atoms with Gasteiger partial charge in [-0.25, -0.2) is 38.3 Å². The normalized spacial score (nSPS) is 21.8. The quantitative estimate of drug-likeness (QED) is 0.0941. The number of H-pyrrole nitrogens is 2. The van der Waals surface area contributed by atoms with Crippen LogP contribution in [0.3, 0.4) is 0 Å². The zero-order valence-corrected chi connectivity index (χ0v) is 40.0. The lowest BCUT2D eigenvalue weighted by molar-refractivity contribution is -0.138. The molecule has 0 radical (unpaired) electrons. The van der Waals surface area contributed by atoms with Crippen LogP contribution >= 0.6 is 0 Å². The van der Waals surface area contributed by atoms with E-state index in [0.29, 0.717) is 102 Å². The molecule has 4 fully saturated rings. The average molecular weight is 953 g/mol. The molecule has 9 rings (SSSR count). The number of ether oxygens (including phenoxy) is 1. The van der Waals surface area contributed by atoms with E-state index >= 15 is 8.78 Å². The molecule has 5 aromatic rings. The molecule has 7 heterocycles. The lowest BCUT2D eigenvalue weighted by atomic mass is 10.0. The second-order valence-corrected chi connectivity index (χ2v) is 19.7. The number of methoxy groups -OCH3 is 1. The first kappa shape index (κ1) is 47.5. The molecule has 4 saturated heterocycles. The molecule has 2 aromatic carbocycles. The summed E-state index contributed by atoms with van der Waals surface area (Å²) in [5.74, 6) is -0.391. The number of carboxylic acid groups (broad SMARTS) is 1. The van der Waals surface area contributed by atoms with E-state index < -0.39 is 60.1 Å². The highest BCUT2D eigenvalue weighted by Gasteiger charge is 2.42. The average Bonchev–Trinajstić information content (AvgIpc) is 4.20. The minimum atomic E-state index is -1.19. The number of likely N-dealkylation sites (N-methyl/N-ethyl adjacent to an activating group) is 1. The van der Waals surface area contributed by atoms with Crippen LogP contribution in [-0.2, 0) is 14.3 Å². The van der Waals surface area contributed by atoms with Crippen molar-refractivity contribution in [1.82, 2.24) is 49.9 Å². The lowest BCUT2D eigenvalue weighted by Gasteiger charge is -2.33. The van der Waals surface area contributed by atoms with Crippen molar-refractivity contribution in [2.24, 2.45) is 11.8 Å². The van der Waals surface area contributed by atoms with Crippen LogP contribution in [0, 0.1) is 23.5 Å². The third-order valence-corrected chi connectivity index (χ3v) is 14.6. The van der Waals surface area contributed by atoms with Crippen molar-refractivity contribution in [3.8, 4) is 0 Å². The molecule has 4 amide bonds. The number of benzene rings is 2. The number of nitrogens with zero attached hydrogens (tertiary/aromatic N) is 9. The number of anilines is 2. The summed E-state index contributed by atoms with van der Waals surface area (Å²) in [6.07, 6.45) is 8.41. The fourth-order valence-corrected chi connectivity index (χ4v) is 11.1. The molecular formula is C49H62F2N12O6. The van der Waals surface area contributed by atoms with E-state index in [2.05, 4.69) is 20.2 Å². The van der Waals surface area contributed by atoms with Crippen LogP contribution in [0.5, 0.6) is 0 Å². The van der Waals surface area contributed by atoms with Gasteiger partial charge in [0.25, 0.3) is 0 Å². The van der Waals surface area contributed by atoms with Crippen LogP contribution in [-0.4, -0.2) is 126 Å². The largest absolute Gasteiger partial charge is 0.465 e. The summed E-state index contributed by atoms with van der Waals surface area (Å²) in [5, 5.41) is 12.4. The van der Waals surface area contributed by atoms with Crippen molar-refractivity contribution in [1.29, 1.82) is 0 Å². The fraction of sp³-hybridized carbons (Fsp3) is 0.551. The van der Waals surface area contributed by atoms with Gasteiger partial charge in [0.15, 0.2) is 0 Å². The number of imidazole rings is 2. The second kappa shape index (κ2) is 19.4. The minimum Gasteiger partial charge on any atom is -0.465 e. The Hall–Kier alpha value is -6.60. The number of alkyl carbamates (subject to hydrolysis) is 1. The van der Waals surface area contributed by atoms with Crippen LogP contribution in [0.1, 0.15) is 132 Å². The number of carbonyl (C=O) groups is 4. The van der Waals surface area contributed by atoms with Crippen LogP contribution in [0.25, 0.3) is 22.1 Å². The molecule has 18 nitrogen and oxygen atoms in total. The molecule has 4 aliphatic heterocycles. The zero-order valence-electron chi connectivity index (χ0n) is 40.0. The van der Waals surface area contributed by atoms with Gasteiger partial charge < -0.3 is 44.7 Å². The fourth-order valence-electron chi connectivity index (χ4n) is 11.1. The Morgan fingerprint density at radius 1 is 0.725 bits per heavy atom. The zero-order chi connectivity index (χ0) is 48.8. The number of fused-ring (bicyclic) bond motifs is 2. The summed E-state index contributed by atoms with van der Waals surface area (Å²) in [6, 6.07) is 2.60. The smallest absolute Gasteiger partial charge is 0.407 e. The third-order valence-electron chi connectivity index (χ3n) is 14.6. The maximum absolute atomic E-state index is 16.8. The number of halogens is 2. The number of aromatic amines is 2. The van der Waals surface area contributed by atoms with Gasteiger partial charge in [-0.3, -0.25) is 14.5 Å².